The highest BCUT2D eigenvalue weighted by Gasteiger charge is 2.55. The van der Waals surface area contributed by atoms with Gasteiger partial charge in [0.05, 0.1) is 16.9 Å². The molecule has 2 saturated heterocycles. The first-order valence-electron chi connectivity index (χ1n) is 12.1. The van der Waals surface area contributed by atoms with Gasteiger partial charge in [0.15, 0.2) is 0 Å². The van der Waals surface area contributed by atoms with E-state index in [-0.39, 0.29) is 41.4 Å². The first-order valence-corrected chi connectivity index (χ1v) is 14.1. The Labute approximate surface area is 212 Å². The fraction of sp³-hybridized carbons (Fsp3) is 0.542. The summed E-state index contributed by atoms with van der Waals surface area (Å²) in [5, 5.41) is 2.99. The summed E-state index contributed by atoms with van der Waals surface area (Å²) in [5.41, 5.74) is 1.51. The molecule has 2 aliphatic heterocycles. The Hall–Kier alpha value is -2.93. The molecule has 0 atom stereocenters. The number of hydrogen-bond acceptors (Lipinski definition) is 8. The Morgan fingerprint density at radius 1 is 1.19 bits per heavy atom. The number of sulfone groups is 1. The molecule has 1 saturated carbocycles. The van der Waals surface area contributed by atoms with Crippen molar-refractivity contribution in [3.05, 3.63) is 47.3 Å². The number of aromatic nitrogens is 2. The van der Waals surface area contributed by atoms with Crippen LogP contribution in [0.1, 0.15) is 46.7 Å². The third kappa shape index (κ3) is 6.15. The van der Waals surface area contributed by atoms with Crippen molar-refractivity contribution in [3.8, 4) is 5.75 Å². The minimum atomic E-state index is -4.76. The number of ether oxygens (including phenoxy) is 1. The number of nitrogens with zero attached hydrogens (tertiary/aromatic N) is 4. The number of amides is 1. The molecule has 1 aromatic heterocycles. The highest BCUT2D eigenvalue weighted by molar-refractivity contribution is 7.90. The van der Waals surface area contributed by atoms with Crippen molar-refractivity contribution in [3.63, 3.8) is 0 Å². The molecule has 1 aromatic carbocycles. The van der Waals surface area contributed by atoms with Crippen molar-refractivity contribution >= 4 is 21.7 Å². The van der Waals surface area contributed by atoms with E-state index < -0.39 is 16.2 Å². The van der Waals surface area contributed by atoms with Crippen LogP contribution >= 0.6 is 0 Å². The Bertz CT molecular complexity index is 1280. The maximum Gasteiger partial charge on any atom is 0.573 e. The van der Waals surface area contributed by atoms with E-state index in [0.717, 1.165) is 24.8 Å². The molecule has 1 amide bonds. The number of alkyl halides is 3. The van der Waals surface area contributed by atoms with Crippen LogP contribution in [0, 0.1) is 0 Å². The highest BCUT2D eigenvalue weighted by atomic mass is 32.2. The van der Waals surface area contributed by atoms with Gasteiger partial charge in [0.1, 0.15) is 15.6 Å². The summed E-state index contributed by atoms with van der Waals surface area (Å²) in [4.78, 5) is 25.3. The van der Waals surface area contributed by atoms with Crippen LogP contribution in [-0.4, -0.2) is 84.2 Å². The molecule has 200 valence electrons. The molecule has 0 radical (unpaired) electrons. The van der Waals surface area contributed by atoms with Gasteiger partial charge in [0.2, 0.25) is 5.95 Å². The Kier molecular flexibility index (Phi) is 6.55. The van der Waals surface area contributed by atoms with Gasteiger partial charge in [-0.1, -0.05) is 6.07 Å². The largest absolute Gasteiger partial charge is 0.573 e. The molecule has 1 N–H and O–H groups in total. The van der Waals surface area contributed by atoms with Gasteiger partial charge in [-0.2, -0.15) is 0 Å². The van der Waals surface area contributed by atoms with Crippen molar-refractivity contribution in [1.82, 2.24) is 19.8 Å². The van der Waals surface area contributed by atoms with Crippen molar-refractivity contribution in [2.24, 2.45) is 0 Å². The second kappa shape index (κ2) is 9.43. The minimum absolute atomic E-state index is 0.0981. The number of carbonyl (C=O) groups excluding carboxylic acids is 1. The molecule has 37 heavy (non-hydrogen) atoms. The molecule has 3 aliphatic rings. The van der Waals surface area contributed by atoms with Gasteiger partial charge in [-0.15, -0.1) is 13.2 Å². The summed E-state index contributed by atoms with van der Waals surface area (Å²) in [6, 6.07) is 4.62. The van der Waals surface area contributed by atoms with E-state index in [1.807, 2.05) is 11.0 Å². The van der Waals surface area contributed by atoms with Gasteiger partial charge in [0, 0.05) is 51.4 Å². The van der Waals surface area contributed by atoms with Gasteiger partial charge in [-0.05, 0) is 48.4 Å². The molecule has 13 heteroatoms. The lowest BCUT2D eigenvalue weighted by molar-refractivity contribution is -0.274. The number of hydrogen-bond donors (Lipinski definition) is 1. The molecule has 2 aromatic rings. The van der Waals surface area contributed by atoms with E-state index in [1.165, 1.54) is 30.8 Å². The van der Waals surface area contributed by atoms with Crippen molar-refractivity contribution in [2.75, 3.05) is 43.5 Å². The number of rotatable bonds is 9. The SMILES string of the molecule is CS(=O)(=O)CCN1CC2(CCN2C(=O)c2cnc(NCc3cc(OC(F)(F)F)cc(C4CC4)c3)nc2)C1. The molecular weight excluding hydrogens is 511 g/mol. The van der Waals surface area contributed by atoms with E-state index in [9.17, 15) is 26.4 Å². The van der Waals surface area contributed by atoms with E-state index >= 15 is 0 Å². The predicted octanol–water partition coefficient (Wildman–Crippen LogP) is 2.81. The zero-order valence-corrected chi connectivity index (χ0v) is 21.1. The fourth-order valence-electron chi connectivity index (χ4n) is 4.92. The van der Waals surface area contributed by atoms with Gasteiger partial charge in [0.25, 0.3) is 5.91 Å². The van der Waals surface area contributed by atoms with Crippen LogP contribution in [0.5, 0.6) is 5.75 Å². The van der Waals surface area contributed by atoms with Crippen molar-refractivity contribution in [1.29, 1.82) is 0 Å². The lowest BCUT2D eigenvalue weighted by Crippen LogP contribution is -2.77. The number of carbonyl (C=O) groups is 1. The maximum absolute atomic E-state index is 13.0. The molecule has 1 aliphatic carbocycles. The molecule has 3 heterocycles. The monoisotopic (exact) mass is 539 g/mol. The van der Waals surface area contributed by atoms with E-state index in [2.05, 4.69) is 20.0 Å². The molecule has 3 fully saturated rings. The van der Waals surface area contributed by atoms with Gasteiger partial charge in [-0.3, -0.25) is 9.69 Å². The van der Waals surface area contributed by atoms with Crippen molar-refractivity contribution < 1.29 is 31.1 Å². The third-order valence-electron chi connectivity index (χ3n) is 7.05. The summed E-state index contributed by atoms with van der Waals surface area (Å²) in [6.07, 6.45) is 2.07. The summed E-state index contributed by atoms with van der Waals surface area (Å²) in [6.45, 7) is 2.57. The van der Waals surface area contributed by atoms with Crippen LogP contribution in [0.15, 0.2) is 30.6 Å². The summed E-state index contributed by atoms with van der Waals surface area (Å²) < 4.78 is 65.1. The molecule has 1 spiro atoms. The standard InChI is InChI=1S/C24H28F3N5O4S/c1-37(34,35)7-6-31-14-23(15-31)4-5-32(23)21(33)19-12-29-22(30-13-19)28-11-16-8-18(17-2-3-17)10-20(9-16)36-24(25,26)27/h8-10,12-13,17H,2-7,11,14-15H2,1H3,(H,28,29,30). The number of halogens is 3. The number of benzene rings is 1. The zero-order chi connectivity index (χ0) is 26.4. The summed E-state index contributed by atoms with van der Waals surface area (Å²) >= 11 is 0. The van der Waals surface area contributed by atoms with Crippen LogP contribution in [0.2, 0.25) is 0 Å². The number of anilines is 1. The van der Waals surface area contributed by atoms with Gasteiger partial charge in [-0.25, -0.2) is 18.4 Å². The van der Waals surface area contributed by atoms with E-state index in [4.69, 9.17) is 0 Å². The topological polar surface area (TPSA) is 105 Å². The normalized spacial score (nSPS) is 19.3. The maximum atomic E-state index is 13.0. The van der Waals surface area contributed by atoms with Crippen LogP contribution in [0.4, 0.5) is 19.1 Å². The second-order valence-corrected chi connectivity index (χ2v) is 12.4. The molecule has 5 rings (SSSR count). The molecule has 9 nitrogen and oxygen atoms in total. The molecule has 0 bridgehead atoms. The number of nitrogens with one attached hydrogen (secondary N) is 1. The van der Waals surface area contributed by atoms with Crippen LogP contribution in [-0.2, 0) is 16.4 Å². The Morgan fingerprint density at radius 2 is 1.89 bits per heavy atom. The minimum Gasteiger partial charge on any atom is -0.406 e. The Balaban J connectivity index is 1.17. The van der Waals surface area contributed by atoms with E-state index in [0.29, 0.717) is 37.3 Å². The number of likely N-dealkylation sites (tertiary alicyclic amines) is 2. The summed E-state index contributed by atoms with van der Waals surface area (Å²) in [7, 11) is -3.03. The van der Waals surface area contributed by atoms with Gasteiger partial charge < -0.3 is 15.0 Å². The van der Waals surface area contributed by atoms with E-state index in [1.54, 1.807) is 4.90 Å². The highest BCUT2D eigenvalue weighted by Crippen LogP contribution is 2.42. The average Bonchev–Trinajstić information content (AvgIpc) is 3.60. The fourth-order valence-corrected chi connectivity index (χ4v) is 5.51. The smallest absolute Gasteiger partial charge is 0.406 e. The lowest BCUT2D eigenvalue weighted by atomic mass is 9.77. The summed E-state index contributed by atoms with van der Waals surface area (Å²) in [5.74, 6) is 0.183. The van der Waals surface area contributed by atoms with Crippen LogP contribution in [0.25, 0.3) is 0 Å². The lowest BCUT2D eigenvalue weighted by Gasteiger charge is -2.62. The van der Waals surface area contributed by atoms with Crippen molar-refractivity contribution in [2.45, 2.75) is 43.6 Å². The first kappa shape index (κ1) is 25.7. The molecular formula is C24H28F3N5O4S. The average molecular weight is 540 g/mol. The predicted molar refractivity (Wildman–Crippen MR) is 129 cm³/mol. The quantitative estimate of drug-likeness (QED) is 0.519. The Morgan fingerprint density at radius 3 is 2.46 bits per heavy atom. The zero-order valence-electron chi connectivity index (χ0n) is 20.3. The first-order chi connectivity index (χ1) is 17.4. The molecule has 0 unspecified atom stereocenters. The second-order valence-electron chi connectivity index (χ2n) is 10.2. The van der Waals surface area contributed by atoms with Crippen LogP contribution < -0.4 is 10.1 Å². The van der Waals surface area contributed by atoms with Gasteiger partial charge >= 0.3 is 6.36 Å². The third-order valence-corrected chi connectivity index (χ3v) is 7.98. The van der Waals surface area contributed by atoms with Crippen LogP contribution in [0.3, 0.4) is 0 Å².